The van der Waals surface area contributed by atoms with Crippen LogP contribution in [-0.2, 0) is 0 Å². The summed E-state index contributed by atoms with van der Waals surface area (Å²) in [6.45, 7) is 0. The first-order valence-corrected chi connectivity index (χ1v) is 7.68. The second-order valence-electron chi connectivity index (χ2n) is 5.33. The maximum Gasteiger partial charge on any atom is 0.355 e. The zero-order valence-corrected chi connectivity index (χ0v) is 13.2. The van der Waals surface area contributed by atoms with Crippen molar-refractivity contribution in [1.82, 2.24) is 4.90 Å². The van der Waals surface area contributed by atoms with Crippen molar-refractivity contribution in [2.45, 2.75) is 0 Å². The van der Waals surface area contributed by atoms with Gasteiger partial charge in [0, 0.05) is 11.8 Å². The first-order chi connectivity index (χ1) is 11.1. The molecule has 0 saturated heterocycles. The van der Waals surface area contributed by atoms with E-state index in [2.05, 4.69) is 14.2 Å². The second-order valence-corrected chi connectivity index (χ2v) is 5.95. The average Bonchev–Trinajstić information content (AvgIpc) is 2.54. The highest BCUT2D eigenvalue weighted by atomic mass is 31.0. The minimum Gasteiger partial charge on any atom is -0.251 e. The van der Waals surface area contributed by atoms with Crippen LogP contribution in [0, 0.1) is 5.82 Å². The van der Waals surface area contributed by atoms with E-state index in [4.69, 9.17) is 0 Å². The van der Waals surface area contributed by atoms with Gasteiger partial charge in [0.15, 0.2) is 0 Å². The molecule has 0 aliphatic carbocycles. The Bertz CT molecular complexity index is 910. The van der Waals surface area contributed by atoms with E-state index in [9.17, 15) is 9.18 Å². The average molecular weight is 322 g/mol. The summed E-state index contributed by atoms with van der Waals surface area (Å²) in [6, 6.07) is 12.4. The minimum absolute atomic E-state index is 0.254. The highest BCUT2D eigenvalue weighted by Gasteiger charge is 2.28. The molecule has 0 saturated carbocycles. The summed E-state index contributed by atoms with van der Waals surface area (Å²) < 4.78 is 14.2. The Morgan fingerprint density at radius 1 is 1.04 bits per heavy atom. The third kappa shape index (κ3) is 2.32. The standard InChI is InChI=1S/C18H12FN2OP/c19-14-5-2-6-15(23)17(14)12-4-1-3-11(9-12)13-7-8-16-20-18(22)21(16)10-13/h1-10H,23H2. The molecular weight excluding hydrogens is 310 g/mol. The molecule has 2 amide bonds. The summed E-state index contributed by atoms with van der Waals surface area (Å²) >= 11 is 0. The van der Waals surface area contributed by atoms with E-state index < -0.39 is 0 Å². The Kier molecular flexibility index (Phi) is 3.21. The molecule has 2 aliphatic heterocycles. The molecular formula is C18H12FN2OP. The summed E-state index contributed by atoms with van der Waals surface area (Å²) in [7, 11) is 2.56. The predicted molar refractivity (Wildman–Crippen MR) is 93.0 cm³/mol. The van der Waals surface area contributed by atoms with Gasteiger partial charge in [0.25, 0.3) is 0 Å². The lowest BCUT2D eigenvalue weighted by Crippen LogP contribution is -2.40. The van der Waals surface area contributed by atoms with Crippen molar-refractivity contribution >= 4 is 32.0 Å². The Labute approximate surface area is 135 Å². The van der Waals surface area contributed by atoms with Crippen LogP contribution >= 0.6 is 9.24 Å². The number of hydrogen-bond acceptors (Lipinski definition) is 1. The maximum absolute atomic E-state index is 14.2. The van der Waals surface area contributed by atoms with E-state index in [1.165, 1.54) is 11.0 Å². The van der Waals surface area contributed by atoms with E-state index >= 15 is 0 Å². The second kappa shape index (κ2) is 5.25. The summed E-state index contributed by atoms with van der Waals surface area (Å²) in [5, 5.41) is 0.808. The van der Waals surface area contributed by atoms with Crippen LogP contribution in [0.4, 0.5) is 9.18 Å². The number of rotatable bonds is 2. The fourth-order valence-electron chi connectivity index (χ4n) is 2.71. The molecule has 3 nitrogen and oxygen atoms in total. The maximum atomic E-state index is 14.2. The van der Waals surface area contributed by atoms with Gasteiger partial charge < -0.3 is 0 Å². The highest BCUT2D eigenvalue weighted by molar-refractivity contribution is 7.28. The molecule has 0 N–H and O–H groups in total. The zero-order valence-electron chi connectivity index (χ0n) is 12.0. The van der Waals surface area contributed by atoms with Gasteiger partial charge in [-0.1, -0.05) is 30.3 Å². The Balaban J connectivity index is 1.77. The molecule has 0 bridgehead atoms. The van der Waals surface area contributed by atoms with Gasteiger partial charge in [-0.15, -0.1) is 9.24 Å². The van der Waals surface area contributed by atoms with Crippen LogP contribution in [0.3, 0.4) is 0 Å². The molecule has 2 heterocycles. The van der Waals surface area contributed by atoms with E-state index in [-0.39, 0.29) is 11.8 Å². The van der Waals surface area contributed by atoms with Gasteiger partial charge in [-0.25, -0.2) is 9.18 Å². The van der Waals surface area contributed by atoms with Gasteiger partial charge in [-0.3, -0.25) is 4.90 Å². The van der Waals surface area contributed by atoms with Crippen LogP contribution in [0.25, 0.3) is 16.7 Å². The van der Waals surface area contributed by atoms with Crippen LogP contribution in [0.1, 0.15) is 5.56 Å². The van der Waals surface area contributed by atoms with Gasteiger partial charge in [-0.2, -0.15) is 4.99 Å². The third-order valence-corrected chi connectivity index (χ3v) is 4.35. The summed E-state index contributed by atoms with van der Waals surface area (Å²) in [4.78, 5) is 16.7. The number of carbonyl (C=O) groups is 1. The van der Waals surface area contributed by atoms with Crippen LogP contribution in [-0.4, -0.2) is 16.8 Å². The van der Waals surface area contributed by atoms with Crippen LogP contribution in [0.15, 0.2) is 65.8 Å². The number of benzene rings is 2. The molecule has 0 spiro atoms. The van der Waals surface area contributed by atoms with Gasteiger partial charge in [-0.05, 0) is 46.3 Å². The lowest BCUT2D eigenvalue weighted by Gasteiger charge is -2.27. The van der Waals surface area contributed by atoms with Crippen molar-refractivity contribution in [3.05, 3.63) is 72.2 Å². The predicted octanol–water partition coefficient (Wildman–Crippen LogP) is 3.74. The summed E-state index contributed by atoms with van der Waals surface area (Å²) in [5.74, 6) is 0.395. The van der Waals surface area contributed by atoms with E-state index in [0.29, 0.717) is 11.4 Å². The number of amides is 2. The number of allylic oxidation sites excluding steroid dienone is 2. The number of fused-ring (bicyclic) bond motifs is 1. The van der Waals surface area contributed by atoms with Gasteiger partial charge in [0.2, 0.25) is 0 Å². The number of aliphatic imine (C=N–C) groups is 1. The largest absolute Gasteiger partial charge is 0.355 e. The molecule has 1 unspecified atom stereocenters. The van der Waals surface area contributed by atoms with E-state index in [1.54, 1.807) is 18.3 Å². The molecule has 4 rings (SSSR count). The highest BCUT2D eigenvalue weighted by Crippen LogP contribution is 2.29. The molecule has 2 aromatic rings. The van der Waals surface area contributed by atoms with Crippen molar-refractivity contribution in [3.8, 4) is 11.1 Å². The SMILES string of the molecule is O=C1N=C2C=CC(c3cccc(-c4c(F)cccc4P)c3)=CN12. The van der Waals surface area contributed by atoms with E-state index in [1.807, 2.05) is 36.4 Å². The first-order valence-electron chi connectivity index (χ1n) is 7.10. The Morgan fingerprint density at radius 3 is 2.61 bits per heavy atom. The molecule has 2 aliphatic rings. The van der Waals surface area contributed by atoms with Crippen molar-refractivity contribution in [2.24, 2.45) is 4.99 Å². The fourth-order valence-corrected chi connectivity index (χ4v) is 3.13. The lowest BCUT2D eigenvalue weighted by molar-refractivity contribution is 0.233. The van der Waals surface area contributed by atoms with Crippen molar-refractivity contribution in [3.63, 3.8) is 0 Å². The number of halogens is 1. The number of amidine groups is 1. The molecule has 2 aromatic carbocycles. The lowest BCUT2D eigenvalue weighted by atomic mass is 9.97. The number of nitrogens with zero attached hydrogens (tertiary/aromatic N) is 2. The van der Waals surface area contributed by atoms with E-state index in [0.717, 1.165) is 22.0 Å². The van der Waals surface area contributed by atoms with Gasteiger partial charge >= 0.3 is 6.03 Å². The Hall–Kier alpha value is -2.58. The van der Waals surface area contributed by atoms with Gasteiger partial charge in [0.1, 0.15) is 11.7 Å². The normalized spacial score (nSPS) is 15.7. The molecule has 112 valence electrons. The number of urea groups is 1. The zero-order chi connectivity index (χ0) is 16.0. The van der Waals surface area contributed by atoms with Crippen molar-refractivity contribution < 1.29 is 9.18 Å². The molecule has 0 radical (unpaired) electrons. The smallest absolute Gasteiger partial charge is 0.251 e. The van der Waals surface area contributed by atoms with Crippen LogP contribution in [0.2, 0.25) is 0 Å². The first kappa shape index (κ1) is 14.0. The monoisotopic (exact) mass is 322 g/mol. The number of carbonyl (C=O) groups excluding carboxylic acids is 1. The Morgan fingerprint density at radius 2 is 1.83 bits per heavy atom. The van der Waals surface area contributed by atoms with Gasteiger partial charge in [0.05, 0.1) is 0 Å². The summed E-state index contributed by atoms with van der Waals surface area (Å²) in [5.41, 5.74) is 3.18. The molecule has 0 aromatic heterocycles. The quantitative estimate of drug-likeness (QED) is 0.775. The molecule has 23 heavy (non-hydrogen) atoms. The third-order valence-electron chi connectivity index (χ3n) is 3.87. The minimum atomic E-state index is -0.264. The molecule has 1 atom stereocenters. The topological polar surface area (TPSA) is 32.7 Å². The fraction of sp³-hybridized carbons (Fsp3) is 0. The molecule has 0 fully saturated rings. The number of hydrogen-bond donors (Lipinski definition) is 0. The summed E-state index contributed by atoms with van der Waals surface area (Å²) in [6.07, 6.45) is 5.46. The molecule has 5 heteroatoms. The van der Waals surface area contributed by atoms with Crippen molar-refractivity contribution in [1.29, 1.82) is 0 Å². The van der Waals surface area contributed by atoms with Crippen LogP contribution < -0.4 is 5.30 Å². The van der Waals surface area contributed by atoms with Crippen LogP contribution in [0.5, 0.6) is 0 Å². The van der Waals surface area contributed by atoms with Crippen molar-refractivity contribution in [2.75, 3.05) is 0 Å².